The highest BCUT2D eigenvalue weighted by molar-refractivity contribution is 5.62. The van der Waals surface area contributed by atoms with Crippen molar-refractivity contribution in [2.24, 2.45) is 0 Å². The van der Waals surface area contributed by atoms with Crippen LogP contribution in [0.4, 0.5) is 8.78 Å². The zero-order chi connectivity index (χ0) is 11.6. The van der Waals surface area contributed by atoms with Gasteiger partial charge in [0, 0.05) is 17.7 Å². The number of hydrogen-bond acceptors (Lipinski definition) is 1. The van der Waals surface area contributed by atoms with E-state index in [0.717, 1.165) is 0 Å². The number of allylic oxidation sites excluding steroid dienone is 1. The molecule has 0 aliphatic heterocycles. The molecule has 0 saturated heterocycles. The van der Waals surface area contributed by atoms with Crippen molar-refractivity contribution in [1.29, 1.82) is 0 Å². The van der Waals surface area contributed by atoms with E-state index >= 15 is 0 Å². The minimum Gasteiger partial charge on any atom is -0.305 e. The summed E-state index contributed by atoms with van der Waals surface area (Å²) in [5.74, 6) is -1.58. The molecular formula is C12H15F2N. The number of nitrogens with zero attached hydrogens (tertiary/aromatic N) is 1. The van der Waals surface area contributed by atoms with Gasteiger partial charge < -0.3 is 4.90 Å². The summed E-state index contributed by atoms with van der Waals surface area (Å²) < 4.78 is 27.0. The van der Waals surface area contributed by atoms with Gasteiger partial charge in [-0.1, -0.05) is 18.7 Å². The number of rotatable bonds is 3. The third-order valence-corrected chi connectivity index (χ3v) is 2.11. The van der Waals surface area contributed by atoms with Crippen LogP contribution in [0.2, 0.25) is 0 Å². The maximum atomic E-state index is 13.5. The van der Waals surface area contributed by atoms with E-state index in [1.54, 1.807) is 24.0 Å². The standard InChI is InChI=1S/C12H15F2N/c1-8(2)10-6-5-9(7-15(3)4)11(13)12(10)14/h5-6H,1,7H2,2-4H3. The average molecular weight is 211 g/mol. The first kappa shape index (κ1) is 11.9. The summed E-state index contributed by atoms with van der Waals surface area (Å²) in [4.78, 5) is 1.79. The molecule has 0 unspecified atom stereocenters. The largest absolute Gasteiger partial charge is 0.305 e. The second kappa shape index (κ2) is 4.53. The summed E-state index contributed by atoms with van der Waals surface area (Å²) >= 11 is 0. The van der Waals surface area contributed by atoms with Gasteiger partial charge in [0.15, 0.2) is 11.6 Å². The lowest BCUT2D eigenvalue weighted by molar-refractivity contribution is 0.385. The molecule has 1 aromatic carbocycles. The van der Waals surface area contributed by atoms with Gasteiger partial charge in [0.25, 0.3) is 0 Å². The van der Waals surface area contributed by atoms with E-state index in [2.05, 4.69) is 6.58 Å². The Labute approximate surface area is 89.0 Å². The van der Waals surface area contributed by atoms with Crippen LogP contribution in [0.25, 0.3) is 5.57 Å². The van der Waals surface area contributed by atoms with Crippen LogP contribution in [-0.2, 0) is 6.54 Å². The molecule has 0 aliphatic carbocycles. The fraction of sp³-hybridized carbons (Fsp3) is 0.333. The molecule has 0 N–H and O–H groups in total. The fourth-order valence-corrected chi connectivity index (χ4v) is 1.38. The Morgan fingerprint density at radius 2 is 1.87 bits per heavy atom. The van der Waals surface area contributed by atoms with Gasteiger partial charge in [-0.25, -0.2) is 8.78 Å². The highest BCUT2D eigenvalue weighted by Gasteiger charge is 2.13. The van der Waals surface area contributed by atoms with Crippen LogP contribution < -0.4 is 0 Å². The van der Waals surface area contributed by atoms with E-state index in [-0.39, 0.29) is 5.56 Å². The molecule has 0 fully saturated rings. The van der Waals surface area contributed by atoms with Gasteiger partial charge in [0.2, 0.25) is 0 Å². The molecule has 1 rings (SSSR count). The molecule has 0 saturated carbocycles. The van der Waals surface area contributed by atoms with Crippen molar-refractivity contribution in [3.05, 3.63) is 41.5 Å². The maximum Gasteiger partial charge on any atom is 0.166 e. The van der Waals surface area contributed by atoms with Crippen LogP contribution in [0.5, 0.6) is 0 Å². The molecule has 0 amide bonds. The Balaban J connectivity index is 3.15. The van der Waals surface area contributed by atoms with Crippen LogP contribution in [0.3, 0.4) is 0 Å². The van der Waals surface area contributed by atoms with Crippen LogP contribution in [-0.4, -0.2) is 19.0 Å². The second-order valence-electron chi connectivity index (χ2n) is 3.92. The first-order valence-corrected chi connectivity index (χ1v) is 4.71. The summed E-state index contributed by atoms with van der Waals surface area (Å²) in [6.45, 7) is 5.65. The zero-order valence-electron chi connectivity index (χ0n) is 9.27. The quantitative estimate of drug-likeness (QED) is 0.742. The molecule has 0 bridgehead atoms. The Bertz CT molecular complexity index is 383. The molecular weight excluding hydrogens is 196 g/mol. The minimum absolute atomic E-state index is 0.245. The van der Waals surface area contributed by atoms with E-state index in [1.165, 1.54) is 0 Å². The fourth-order valence-electron chi connectivity index (χ4n) is 1.38. The third kappa shape index (κ3) is 2.63. The lowest BCUT2D eigenvalue weighted by atomic mass is 10.0. The van der Waals surface area contributed by atoms with Crippen molar-refractivity contribution in [3.8, 4) is 0 Å². The smallest absolute Gasteiger partial charge is 0.166 e. The van der Waals surface area contributed by atoms with Crippen molar-refractivity contribution in [3.63, 3.8) is 0 Å². The SMILES string of the molecule is C=C(C)c1ccc(CN(C)C)c(F)c1F. The predicted molar refractivity (Wildman–Crippen MR) is 58.5 cm³/mol. The average Bonchev–Trinajstić information content (AvgIpc) is 2.12. The normalized spacial score (nSPS) is 10.8. The molecule has 0 spiro atoms. The van der Waals surface area contributed by atoms with Crippen LogP contribution in [0.1, 0.15) is 18.1 Å². The predicted octanol–water partition coefficient (Wildman–Crippen LogP) is 3.06. The van der Waals surface area contributed by atoms with E-state index < -0.39 is 11.6 Å². The van der Waals surface area contributed by atoms with Crippen LogP contribution in [0.15, 0.2) is 18.7 Å². The number of halogens is 2. The van der Waals surface area contributed by atoms with Crippen LogP contribution in [0, 0.1) is 11.6 Å². The molecule has 0 radical (unpaired) electrons. The highest BCUT2D eigenvalue weighted by atomic mass is 19.2. The topological polar surface area (TPSA) is 3.24 Å². The molecule has 0 aromatic heterocycles. The summed E-state index contributed by atoms with van der Waals surface area (Å²) in [5, 5.41) is 0. The molecule has 3 heteroatoms. The molecule has 0 aliphatic rings. The highest BCUT2D eigenvalue weighted by Crippen LogP contribution is 2.22. The van der Waals surface area contributed by atoms with E-state index in [4.69, 9.17) is 0 Å². The van der Waals surface area contributed by atoms with Gasteiger partial charge in [-0.3, -0.25) is 0 Å². The molecule has 1 aromatic rings. The summed E-state index contributed by atoms with van der Waals surface area (Å²) in [6.07, 6.45) is 0. The molecule has 15 heavy (non-hydrogen) atoms. The molecule has 82 valence electrons. The first-order valence-electron chi connectivity index (χ1n) is 4.71. The summed E-state index contributed by atoms with van der Waals surface area (Å²) in [6, 6.07) is 3.17. The van der Waals surface area contributed by atoms with E-state index in [1.807, 2.05) is 14.1 Å². The first-order chi connectivity index (χ1) is 6.93. The van der Waals surface area contributed by atoms with Gasteiger partial charge in [-0.2, -0.15) is 0 Å². The van der Waals surface area contributed by atoms with Crippen molar-refractivity contribution in [2.45, 2.75) is 13.5 Å². The molecule has 0 heterocycles. The van der Waals surface area contributed by atoms with Gasteiger partial charge >= 0.3 is 0 Å². The number of hydrogen-bond donors (Lipinski definition) is 0. The Morgan fingerprint density at radius 1 is 1.27 bits per heavy atom. The monoisotopic (exact) mass is 211 g/mol. The van der Waals surface area contributed by atoms with Crippen molar-refractivity contribution >= 4 is 5.57 Å². The second-order valence-corrected chi connectivity index (χ2v) is 3.92. The van der Waals surface area contributed by atoms with E-state index in [0.29, 0.717) is 17.7 Å². The minimum atomic E-state index is -0.804. The summed E-state index contributed by atoms with van der Waals surface area (Å²) in [5.41, 5.74) is 1.14. The number of benzene rings is 1. The Hall–Kier alpha value is -1.22. The van der Waals surface area contributed by atoms with Gasteiger partial charge in [-0.15, -0.1) is 0 Å². The van der Waals surface area contributed by atoms with Gasteiger partial charge in [0.05, 0.1) is 0 Å². The maximum absolute atomic E-state index is 13.5. The van der Waals surface area contributed by atoms with Crippen molar-refractivity contribution < 1.29 is 8.78 Å². The Kier molecular flexibility index (Phi) is 3.58. The van der Waals surface area contributed by atoms with Crippen LogP contribution >= 0.6 is 0 Å². The Morgan fingerprint density at radius 3 is 2.33 bits per heavy atom. The third-order valence-electron chi connectivity index (χ3n) is 2.11. The van der Waals surface area contributed by atoms with Crippen molar-refractivity contribution in [2.75, 3.05) is 14.1 Å². The lowest BCUT2D eigenvalue weighted by Crippen LogP contribution is -2.13. The molecule has 0 atom stereocenters. The molecule has 1 nitrogen and oxygen atoms in total. The van der Waals surface area contributed by atoms with Crippen molar-refractivity contribution in [1.82, 2.24) is 4.90 Å². The summed E-state index contributed by atoms with van der Waals surface area (Å²) in [7, 11) is 3.62. The lowest BCUT2D eigenvalue weighted by Gasteiger charge is -2.12. The van der Waals surface area contributed by atoms with Gasteiger partial charge in [0.1, 0.15) is 0 Å². The van der Waals surface area contributed by atoms with E-state index in [9.17, 15) is 8.78 Å². The zero-order valence-corrected chi connectivity index (χ0v) is 9.27. The van der Waals surface area contributed by atoms with Gasteiger partial charge in [-0.05, 0) is 26.6 Å².